The van der Waals surface area contributed by atoms with E-state index in [1.165, 1.54) is 37.7 Å². The highest BCUT2D eigenvalue weighted by atomic mass is 14.4. The van der Waals surface area contributed by atoms with Gasteiger partial charge in [-0.2, -0.15) is 0 Å². The summed E-state index contributed by atoms with van der Waals surface area (Å²) in [6.45, 7) is 0.388. The zero-order valence-corrected chi connectivity index (χ0v) is 7.55. The predicted molar refractivity (Wildman–Crippen MR) is 50.8 cm³/mol. The van der Waals surface area contributed by atoms with Crippen molar-refractivity contribution in [3.05, 3.63) is 11.6 Å². The molecule has 66 valence electrons. The lowest BCUT2D eigenvalue weighted by Crippen LogP contribution is -2.27. The standard InChI is InChI=1S/C12H18/c1-8-2-9-3-10-5-11(4-9)7-12(8)6-10/h2,9-12H,3-7H2,1H3/t9?,10-,11+,12?/i1D,2D. The van der Waals surface area contributed by atoms with E-state index in [2.05, 4.69) is 0 Å². The lowest BCUT2D eigenvalue weighted by molar-refractivity contribution is 0.140. The molecule has 0 saturated heterocycles. The van der Waals surface area contributed by atoms with Gasteiger partial charge in [-0.1, -0.05) is 11.6 Å². The third kappa shape index (κ3) is 0.967. The van der Waals surface area contributed by atoms with Gasteiger partial charge in [0.15, 0.2) is 0 Å². The summed E-state index contributed by atoms with van der Waals surface area (Å²) >= 11 is 0. The molecule has 4 aliphatic carbocycles. The van der Waals surface area contributed by atoms with Gasteiger partial charge in [0.25, 0.3) is 0 Å². The zero-order chi connectivity index (χ0) is 9.71. The van der Waals surface area contributed by atoms with Crippen LogP contribution in [0.2, 0.25) is 0 Å². The molecule has 0 heteroatoms. The van der Waals surface area contributed by atoms with Crippen molar-refractivity contribution in [2.24, 2.45) is 23.7 Å². The molecular weight excluding hydrogens is 144 g/mol. The second-order valence-corrected chi connectivity index (χ2v) is 4.97. The highest BCUT2D eigenvalue weighted by Crippen LogP contribution is 2.50. The Morgan fingerprint density at radius 1 is 1.25 bits per heavy atom. The predicted octanol–water partition coefficient (Wildman–Crippen LogP) is 3.39. The van der Waals surface area contributed by atoms with Crippen molar-refractivity contribution < 1.29 is 2.74 Å². The Hall–Kier alpha value is -0.260. The minimum Gasteiger partial charge on any atom is -0.0822 e. The fourth-order valence-corrected chi connectivity index (χ4v) is 3.63. The molecule has 0 aromatic heterocycles. The van der Waals surface area contributed by atoms with Gasteiger partial charge in [-0.3, -0.25) is 0 Å². The summed E-state index contributed by atoms with van der Waals surface area (Å²) in [7, 11) is 0. The van der Waals surface area contributed by atoms with Crippen LogP contribution >= 0.6 is 0 Å². The second kappa shape index (κ2) is 2.37. The van der Waals surface area contributed by atoms with Crippen LogP contribution in [0.5, 0.6) is 0 Å². The summed E-state index contributed by atoms with van der Waals surface area (Å²) in [5.74, 6) is 2.94. The Kier molecular flexibility index (Phi) is 1.08. The van der Waals surface area contributed by atoms with E-state index in [0.717, 1.165) is 17.9 Å². The molecule has 0 N–H and O–H groups in total. The van der Waals surface area contributed by atoms with Crippen LogP contribution in [-0.4, -0.2) is 0 Å². The first-order chi connectivity index (χ1) is 6.78. The van der Waals surface area contributed by atoms with Crippen molar-refractivity contribution >= 4 is 0 Å². The molecule has 0 aromatic carbocycles. The Balaban J connectivity index is 2.01. The van der Waals surface area contributed by atoms with Crippen molar-refractivity contribution in [3.63, 3.8) is 0 Å². The first kappa shape index (κ1) is 5.47. The van der Waals surface area contributed by atoms with Crippen LogP contribution in [0.3, 0.4) is 0 Å². The van der Waals surface area contributed by atoms with E-state index in [1.54, 1.807) is 0 Å². The van der Waals surface area contributed by atoms with Crippen molar-refractivity contribution in [1.82, 2.24) is 0 Å². The van der Waals surface area contributed by atoms with Gasteiger partial charge < -0.3 is 0 Å². The molecule has 2 fully saturated rings. The van der Waals surface area contributed by atoms with Crippen molar-refractivity contribution in [2.45, 2.75) is 39.0 Å². The molecule has 4 atom stereocenters. The van der Waals surface area contributed by atoms with Crippen LogP contribution < -0.4 is 0 Å². The van der Waals surface area contributed by atoms with Crippen LogP contribution in [0.25, 0.3) is 0 Å². The van der Waals surface area contributed by atoms with Crippen LogP contribution in [0.1, 0.15) is 41.7 Å². The Bertz CT molecular complexity index is 268. The minimum atomic E-state index is 0.388. The molecule has 0 spiro atoms. The van der Waals surface area contributed by atoms with Gasteiger partial charge in [-0.05, 0) is 62.7 Å². The van der Waals surface area contributed by atoms with Gasteiger partial charge in [0.05, 0.1) is 1.37 Å². The third-order valence-electron chi connectivity index (χ3n) is 4.02. The normalized spacial score (nSPS) is 53.7. The van der Waals surface area contributed by atoms with E-state index in [4.69, 9.17) is 2.74 Å². The summed E-state index contributed by atoms with van der Waals surface area (Å²) in [5.41, 5.74) is 1.19. The maximum Gasteiger partial charge on any atom is 0.0578 e. The molecular formula is C12H18. The smallest absolute Gasteiger partial charge is 0.0578 e. The second-order valence-electron chi connectivity index (χ2n) is 4.97. The summed E-state index contributed by atoms with van der Waals surface area (Å²) in [6, 6.07) is 0.870. The maximum absolute atomic E-state index is 8.17. The van der Waals surface area contributed by atoms with Crippen molar-refractivity contribution in [1.29, 1.82) is 0 Å². The van der Waals surface area contributed by atoms with E-state index >= 15 is 0 Å². The van der Waals surface area contributed by atoms with E-state index in [1.807, 2.05) is 0 Å². The maximum atomic E-state index is 8.17. The van der Waals surface area contributed by atoms with Crippen molar-refractivity contribution in [2.75, 3.05) is 0 Å². The molecule has 0 nitrogen and oxygen atoms in total. The van der Waals surface area contributed by atoms with Gasteiger partial charge in [-0.25, -0.2) is 0 Å². The Morgan fingerprint density at radius 3 is 2.67 bits per heavy atom. The first-order valence-corrected chi connectivity index (χ1v) is 5.26. The fourth-order valence-electron chi connectivity index (χ4n) is 3.63. The molecule has 0 aliphatic heterocycles. The quantitative estimate of drug-likeness (QED) is 0.481. The minimum absolute atomic E-state index is 0.388. The number of hydrogen-bond donors (Lipinski definition) is 0. The molecule has 0 heterocycles. The van der Waals surface area contributed by atoms with Gasteiger partial charge in [0.1, 0.15) is 0 Å². The van der Waals surface area contributed by atoms with Gasteiger partial charge >= 0.3 is 0 Å². The fraction of sp³-hybridized carbons (Fsp3) is 0.833. The van der Waals surface area contributed by atoms with E-state index < -0.39 is 0 Å². The average Bonchev–Trinajstić information content (AvgIpc) is 2.29. The lowest BCUT2D eigenvalue weighted by atomic mass is 9.67. The Morgan fingerprint density at radius 2 is 2.00 bits per heavy atom. The van der Waals surface area contributed by atoms with Crippen LogP contribution in [0.4, 0.5) is 0 Å². The summed E-state index contributed by atoms with van der Waals surface area (Å²) in [5, 5.41) is 0. The van der Waals surface area contributed by atoms with Crippen molar-refractivity contribution in [3.8, 4) is 0 Å². The van der Waals surface area contributed by atoms with Gasteiger partial charge in [0, 0.05) is 1.37 Å². The summed E-state index contributed by atoms with van der Waals surface area (Å²) in [6.07, 6.45) is 6.53. The highest BCUT2D eigenvalue weighted by molar-refractivity contribution is 5.14. The largest absolute Gasteiger partial charge is 0.0822 e. The first-order valence-electron chi connectivity index (χ1n) is 6.47. The zero-order valence-electron chi connectivity index (χ0n) is 9.55. The molecule has 2 saturated carbocycles. The van der Waals surface area contributed by atoms with Crippen LogP contribution in [0.15, 0.2) is 11.6 Å². The third-order valence-corrected chi connectivity index (χ3v) is 4.02. The molecule has 12 heavy (non-hydrogen) atoms. The summed E-state index contributed by atoms with van der Waals surface area (Å²) in [4.78, 5) is 0. The number of rotatable bonds is 0. The average molecular weight is 164 g/mol. The van der Waals surface area contributed by atoms with E-state index in [9.17, 15) is 0 Å². The monoisotopic (exact) mass is 164 g/mol. The van der Waals surface area contributed by atoms with Gasteiger partial charge in [0.2, 0.25) is 0 Å². The molecule has 4 bridgehead atoms. The molecule has 4 aliphatic rings. The highest BCUT2D eigenvalue weighted by Gasteiger charge is 2.38. The SMILES string of the molecule is [2H]CC1=C([2H])C2C[C@@H]3CC1C[C@H](C2)C3. The van der Waals surface area contributed by atoms with Gasteiger partial charge in [-0.15, -0.1) is 0 Å². The number of allylic oxidation sites excluding steroid dienone is 2. The lowest BCUT2D eigenvalue weighted by Gasteiger charge is -2.38. The van der Waals surface area contributed by atoms with E-state index in [-0.39, 0.29) is 0 Å². The van der Waals surface area contributed by atoms with Crippen LogP contribution in [0, 0.1) is 23.7 Å². The molecule has 2 unspecified atom stereocenters. The molecule has 4 rings (SSSR count). The molecule has 0 amide bonds. The Labute approximate surface area is 77.9 Å². The molecule has 0 aromatic rings. The summed E-state index contributed by atoms with van der Waals surface area (Å²) < 4.78 is 15.7. The molecule has 0 radical (unpaired) electrons. The topological polar surface area (TPSA) is 0 Å². The van der Waals surface area contributed by atoms with E-state index in [0.29, 0.717) is 18.7 Å². The number of hydrogen-bond acceptors (Lipinski definition) is 0. The van der Waals surface area contributed by atoms with Crippen LogP contribution in [-0.2, 0) is 0 Å².